The van der Waals surface area contributed by atoms with Crippen LogP contribution in [0.1, 0.15) is 134 Å². The molecule has 34 heteroatoms. The lowest BCUT2D eigenvalue weighted by Crippen LogP contribution is -2.25. The number of primary amides is 1. The molecule has 11 aromatic heterocycles. The quantitative estimate of drug-likeness (QED) is 0.0355. The number of benzene rings is 5. The molecule has 5 amide bonds. The van der Waals surface area contributed by atoms with E-state index in [0.29, 0.717) is 97.1 Å². The first-order valence-corrected chi connectivity index (χ1v) is 46.2. The number of fused-ring (bicyclic) bond motifs is 5. The van der Waals surface area contributed by atoms with E-state index >= 15 is 0 Å². The number of aryl methyl sites for hydroxylation is 3. The van der Waals surface area contributed by atoms with E-state index in [0.717, 1.165) is 129 Å². The first kappa shape index (κ1) is 95.6. The van der Waals surface area contributed by atoms with Crippen LogP contribution in [-0.2, 0) is 52.6 Å². The summed E-state index contributed by atoms with van der Waals surface area (Å²) >= 11 is 0. The molecule has 4 fully saturated rings. The Hall–Kier alpha value is -15.5. The Balaban J connectivity index is 0.000000125. The number of carbonyl (C=O) groups is 5. The molecule has 0 radical (unpaired) electrons. The van der Waals surface area contributed by atoms with E-state index in [-0.39, 0.29) is 89.9 Å². The molecular formula is C104H110F3N21O10. The lowest BCUT2D eigenvalue weighted by Gasteiger charge is -2.21. The van der Waals surface area contributed by atoms with Crippen molar-refractivity contribution in [2.24, 2.45) is 43.5 Å². The molecule has 15 heterocycles. The van der Waals surface area contributed by atoms with Crippen LogP contribution in [0.25, 0.3) is 110 Å². The van der Waals surface area contributed by atoms with Crippen molar-refractivity contribution < 1.29 is 60.8 Å². The second-order valence-electron chi connectivity index (χ2n) is 35.7. The summed E-state index contributed by atoms with van der Waals surface area (Å²) in [5.74, 6) is 3.71. The number of ether oxygens (including phenoxy) is 5. The molecule has 4 aliphatic heterocycles. The Bertz CT molecular complexity index is 7130. The van der Waals surface area contributed by atoms with E-state index in [1.54, 1.807) is 73.6 Å². The lowest BCUT2D eigenvalue weighted by molar-refractivity contribution is -0.141. The largest absolute Gasteiger partial charge is 0.490 e. The van der Waals surface area contributed by atoms with Crippen molar-refractivity contribution in [2.75, 3.05) is 26.2 Å². The summed E-state index contributed by atoms with van der Waals surface area (Å²) in [4.78, 5) is 84.3. The summed E-state index contributed by atoms with van der Waals surface area (Å²) in [6.07, 6.45) is 23.0. The average Bonchev–Trinajstić information content (AvgIpc) is 1.58. The number of halogens is 3. The zero-order valence-corrected chi connectivity index (χ0v) is 78.8. The second-order valence-corrected chi connectivity index (χ2v) is 35.7. The maximum absolute atomic E-state index is 13.5. The van der Waals surface area contributed by atoms with Crippen molar-refractivity contribution in [2.45, 2.75) is 157 Å². The molecule has 712 valence electrons. The molecule has 16 aromatic rings. The molecule has 0 spiro atoms. The molecule has 5 aromatic carbocycles. The normalized spacial score (nSPS) is 16.6. The van der Waals surface area contributed by atoms with Crippen molar-refractivity contribution >= 4 is 84.1 Å². The Morgan fingerprint density at radius 2 is 0.783 bits per heavy atom. The minimum absolute atomic E-state index is 0.0120. The number of nitrogens with two attached hydrogens (primary N) is 1. The third-order valence-corrected chi connectivity index (χ3v) is 25.2. The monoisotopic (exact) mass is 1870 g/mol. The number of nitrogens with zero attached hydrogens (tertiary/aromatic N) is 16. The number of nitrogens with one attached hydrogen (secondary N) is 4. The SMILES string of the molecule is CC(C)n1cc(-c2cc(OCc3ncccc3C(N)=O)c3cccnc3c2)cn1.CC(C)n1cc(-c2cc(O[C@H](C)[C@H]3CNC(=O)C3)c3cccnc3c2)cn1.CCCn1cc(-c2cc(O[C@H](C)[C@H]3CNC(=O)C3)c3cccnc3c2)cn1.C[C@@H](Oc1cc(-c2cn(C)nc2C(F)(F)F)cc2ncccc12)[C@H]1CNC(=O)C1.Cc1c(-c2cc(O[C@H](C)[C@H]3CNC(=O)C3)c3cccnc3c2)cnn1C. The van der Waals surface area contributed by atoms with Crippen LogP contribution in [-0.4, -0.2) is 159 Å². The van der Waals surface area contributed by atoms with Gasteiger partial charge in [-0.1, -0.05) is 6.92 Å². The molecule has 20 rings (SSSR count). The van der Waals surface area contributed by atoms with Gasteiger partial charge < -0.3 is 50.7 Å². The molecule has 138 heavy (non-hydrogen) atoms. The number of amides is 5. The highest BCUT2D eigenvalue weighted by molar-refractivity contribution is 5.96. The maximum Gasteiger partial charge on any atom is 0.435 e. The van der Waals surface area contributed by atoms with Crippen LogP contribution in [0.5, 0.6) is 28.7 Å². The van der Waals surface area contributed by atoms with Crippen LogP contribution in [0.4, 0.5) is 13.2 Å². The van der Waals surface area contributed by atoms with Crippen LogP contribution >= 0.6 is 0 Å². The van der Waals surface area contributed by atoms with Crippen LogP contribution in [0.2, 0.25) is 0 Å². The van der Waals surface area contributed by atoms with Crippen molar-refractivity contribution in [3.05, 3.63) is 243 Å². The Morgan fingerprint density at radius 1 is 0.435 bits per heavy atom. The zero-order chi connectivity index (χ0) is 97.2. The van der Waals surface area contributed by atoms with Gasteiger partial charge in [0.15, 0.2) is 5.69 Å². The first-order valence-electron chi connectivity index (χ1n) is 46.2. The standard InChI is InChI=1S/C22H21N5O2.2C21H24N4O2.C20H19F3N4O2.C20H22N4O2/c1-14(2)27-12-16(11-26-27)15-9-19-17(5-3-7-24-19)21(10-15)29-13-20-18(22(23)28)6-4-8-25-20;1-13(2)25-12-17(11-24-25)15-7-19-18(5-4-6-22-19)20(8-15)27-14(3)16-9-21(26)23-10-16;1-3-7-25-13-17(12-24-25)15-8-19-18(5-4-6-22-19)20(9-15)27-14(2)16-10-21(26)23-11-16;1-11(13-8-18(28)25-9-13)29-17-7-12(6-16-14(17)4-3-5-24-16)15-10-27(2)26-19(15)20(21,22)23;1-12-17(11-23-24(12)3)14-7-18-16(5-4-6-21-18)19(8-14)26-13(2)15-9-20(25)22-10-15/h3-12,14H,13H2,1-2H3,(H2,23,28);4-8,11-14,16H,9-10H2,1-3H3,(H,23,26);4-6,8-9,12-14,16H,3,7,10-11H2,1-2H3,(H,23,26);3-7,10-11,13H,8-9H2,1-2H3,(H,25,28);4-8,11,13,15H,9-10H2,1-3H3,(H,22,25)/t;2*14-,16-;11-,13-;13-,15-/m.1111/s1. The van der Waals surface area contributed by atoms with Crippen LogP contribution < -0.4 is 50.7 Å². The second kappa shape index (κ2) is 42.2. The summed E-state index contributed by atoms with van der Waals surface area (Å²) in [7, 11) is 3.38. The van der Waals surface area contributed by atoms with Gasteiger partial charge in [-0.05, 0) is 230 Å². The van der Waals surface area contributed by atoms with Gasteiger partial charge in [0.1, 0.15) is 59.8 Å². The summed E-state index contributed by atoms with van der Waals surface area (Å²) in [6.45, 7) is 24.0. The fraction of sp³-hybridized carbons (Fsp3) is 0.327. The van der Waals surface area contributed by atoms with Gasteiger partial charge in [0.25, 0.3) is 5.91 Å². The van der Waals surface area contributed by atoms with Crippen molar-refractivity contribution in [1.29, 1.82) is 0 Å². The van der Waals surface area contributed by atoms with Gasteiger partial charge in [0, 0.05) is 231 Å². The maximum atomic E-state index is 13.5. The van der Waals surface area contributed by atoms with E-state index in [1.165, 1.54) is 13.2 Å². The van der Waals surface area contributed by atoms with Gasteiger partial charge in [0.2, 0.25) is 23.6 Å². The summed E-state index contributed by atoms with van der Waals surface area (Å²) in [5.41, 5.74) is 18.9. The molecule has 4 aliphatic rings. The fourth-order valence-corrected chi connectivity index (χ4v) is 17.1. The minimum Gasteiger partial charge on any atom is -0.490 e. The lowest BCUT2D eigenvalue weighted by atomic mass is 10.0. The zero-order valence-electron chi connectivity index (χ0n) is 78.8. The number of pyridine rings is 6. The van der Waals surface area contributed by atoms with Crippen molar-refractivity contribution in [3.63, 3.8) is 0 Å². The van der Waals surface area contributed by atoms with E-state index in [9.17, 15) is 37.1 Å². The molecule has 8 atom stereocenters. The third kappa shape index (κ3) is 22.5. The van der Waals surface area contributed by atoms with Gasteiger partial charge in [-0.2, -0.15) is 38.7 Å². The van der Waals surface area contributed by atoms with Crippen LogP contribution in [0.3, 0.4) is 0 Å². The van der Waals surface area contributed by atoms with Crippen molar-refractivity contribution in [3.8, 4) is 84.4 Å². The first-order chi connectivity index (χ1) is 66.4. The van der Waals surface area contributed by atoms with Crippen LogP contribution in [0, 0.1) is 30.6 Å². The molecule has 0 saturated carbocycles. The number of hydrogen-bond donors (Lipinski definition) is 5. The molecule has 6 N–H and O–H groups in total. The Morgan fingerprint density at radius 3 is 1.13 bits per heavy atom. The number of carbonyl (C=O) groups excluding carboxylic acids is 5. The highest BCUT2D eigenvalue weighted by atomic mass is 19.4. The summed E-state index contributed by atoms with van der Waals surface area (Å²) < 4.78 is 80.3. The molecule has 0 aliphatic carbocycles. The van der Waals surface area contributed by atoms with E-state index < -0.39 is 17.8 Å². The van der Waals surface area contributed by atoms with Crippen molar-refractivity contribution in [1.82, 2.24) is 100 Å². The highest BCUT2D eigenvalue weighted by Gasteiger charge is 2.39. The van der Waals surface area contributed by atoms with Crippen LogP contribution in [0.15, 0.2) is 220 Å². The molecule has 0 unspecified atom stereocenters. The number of rotatable bonds is 25. The van der Waals surface area contributed by atoms with E-state index in [1.807, 2.05) is 164 Å². The molecule has 4 saturated heterocycles. The Kier molecular flexibility index (Phi) is 29.2. The third-order valence-electron chi connectivity index (χ3n) is 25.2. The molecule has 0 bridgehead atoms. The molecule has 31 nitrogen and oxygen atoms in total. The predicted molar refractivity (Wildman–Crippen MR) is 519 cm³/mol. The van der Waals surface area contributed by atoms with Gasteiger partial charge in [-0.15, -0.1) is 0 Å². The van der Waals surface area contributed by atoms with Gasteiger partial charge in [-0.3, -0.25) is 77.3 Å². The average molecular weight is 1870 g/mol. The topological polar surface area (TPSA) is 372 Å². The fourth-order valence-electron chi connectivity index (χ4n) is 17.1. The number of aromatic nitrogens is 16. The number of alkyl halides is 3. The molecular weight excluding hydrogens is 1760 g/mol. The van der Waals surface area contributed by atoms with Gasteiger partial charge in [0.05, 0.1) is 63.6 Å². The smallest absolute Gasteiger partial charge is 0.435 e. The van der Waals surface area contributed by atoms with Gasteiger partial charge >= 0.3 is 6.18 Å². The summed E-state index contributed by atoms with van der Waals surface area (Å²) in [5, 5.41) is 37.1. The van der Waals surface area contributed by atoms with Gasteiger partial charge in [-0.25, -0.2) is 0 Å². The number of hydrogen-bond acceptors (Lipinski definition) is 21. The summed E-state index contributed by atoms with van der Waals surface area (Å²) in [6, 6.07) is 42.6. The Labute approximate surface area is 794 Å². The minimum atomic E-state index is -4.58. The predicted octanol–water partition coefficient (Wildman–Crippen LogP) is 17.2. The van der Waals surface area contributed by atoms with E-state index in [2.05, 4.69) is 148 Å². The highest BCUT2D eigenvalue weighted by Crippen LogP contribution is 2.43. The van der Waals surface area contributed by atoms with E-state index in [4.69, 9.17) is 29.4 Å².